The molecular formula is C20H23F3N2O4. The number of hydrogen-bond acceptors (Lipinski definition) is 5. The lowest BCUT2D eigenvalue weighted by atomic mass is 10.1. The van der Waals surface area contributed by atoms with Crippen LogP contribution in [0, 0.1) is 0 Å². The van der Waals surface area contributed by atoms with Gasteiger partial charge >= 0.3 is 12.1 Å². The minimum absolute atomic E-state index is 0.0167. The van der Waals surface area contributed by atoms with Crippen molar-refractivity contribution in [2.75, 3.05) is 26.8 Å². The van der Waals surface area contributed by atoms with Gasteiger partial charge in [0.25, 0.3) is 5.91 Å². The summed E-state index contributed by atoms with van der Waals surface area (Å²) in [6.07, 6.45) is -3.17. The number of carbonyl (C=O) groups excluding carboxylic acids is 2. The fraction of sp³-hybridized carbons (Fsp3) is 0.450. The number of ether oxygens (including phenoxy) is 2. The average Bonchev–Trinajstić information content (AvgIpc) is 3.20. The van der Waals surface area contributed by atoms with Crippen LogP contribution in [0.2, 0.25) is 0 Å². The molecule has 0 N–H and O–H groups in total. The molecule has 1 aliphatic rings. The summed E-state index contributed by atoms with van der Waals surface area (Å²) >= 11 is 0. The Balaban J connectivity index is 2.51. The van der Waals surface area contributed by atoms with E-state index in [1.54, 1.807) is 11.8 Å². The van der Waals surface area contributed by atoms with E-state index in [-0.39, 0.29) is 17.9 Å². The summed E-state index contributed by atoms with van der Waals surface area (Å²) in [5, 5.41) is 0. The standard InChI is InChI=1S/C20H23F3N2O4/c1-4-29-19(27)16(13(2)25-11-5-6-12-25)18(26)24-17(20(21,22)23)14-7-9-15(28-3)10-8-14/h7-10H,4-6,11-12H2,1-3H3/b16-13+,24-17?. The molecule has 0 aliphatic carbocycles. The zero-order valence-electron chi connectivity index (χ0n) is 16.5. The molecule has 0 atom stereocenters. The maximum Gasteiger partial charge on any atom is 0.434 e. The first-order valence-corrected chi connectivity index (χ1v) is 9.16. The van der Waals surface area contributed by atoms with E-state index in [1.165, 1.54) is 26.2 Å². The van der Waals surface area contributed by atoms with Gasteiger partial charge in [-0.1, -0.05) is 0 Å². The van der Waals surface area contributed by atoms with Crippen molar-refractivity contribution in [2.24, 2.45) is 4.99 Å². The number of halogens is 3. The Hall–Kier alpha value is -2.84. The number of amides is 1. The van der Waals surface area contributed by atoms with Crippen LogP contribution in [0.3, 0.4) is 0 Å². The van der Waals surface area contributed by atoms with Gasteiger partial charge in [-0.3, -0.25) is 4.79 Å². The Kier molecular flexibility index (Phi) is 7.41. The third-order valence-corrected chi connectivity index (χ3v) is 4.48. The van der Waals surface area contributed by atoms with E-state index >= 15 is 0 Å². The lowest BCUT2D eigenvalue weighted by molar-refractivity contribution is -0.140. The molecule has 0 spiro atoms. The van der Waals surface area contributed by atoms with Crippen molar-refractivity contribution in [1.29, 1.82) is 0 Å². The van der Waals surface area contributed by atoms with Gasteiger partial charge in [0.1, 0.15) is 11.3 Å². The van der Waals surface area contributed by atoms with Crippen molar-refractivity contribution in [3.8, 4) is 5.75 Å². The molecule has 1 aliphatic heterocycles. The number of rotatable bonds is 6. The van der Waals surface area contributed by atoms with Gasteiger partial charge < -0.3 is 14.4 Å². The summed E-state index contributed by atoms with van der Waals surface area (Å²) in [7, 11) is 1.38. The topological polar surface area (TPSA) is 68.2 Å². The quantitative estimate of drug-likeness (QED) is 0.235. The molecule has 1 saturated heterocycles. The Labute approximate surface area is 167 Å². The number of allylic oxidation sites excluding steroid dienone is 1. The summed E-state index contributed by atoms with van der Waals surface area (Å²) in [6, 6.07) is 4.97. The highest BCUT2D eigenvalue weighted by Crippen LogP contribution is 2.26. The summed E-state index contributed by atoms with van der Waals surface area (Å²) in [5.41, 5.74) is -1.91. The fourth-order valence-electron chi connectivity index (χ4n) is 3.00. The highest BCUT2D eigenvalue weighted by atomic mass is 19.4. The van der Waals surface area contributed by atoms with Gasteiger partial charge in [-0.05, 0) is 51.0 Å². The summed E-state index contributed by atoms with van der Waals surface area (Å²) in [5.74, 6) is -1.91. The second kappa shape index (κ2) is 9.58. The lowest BCUT2D eigenvalue weighted by Crippen LogP contribution is -2.29. The molecule has 29 heavy (non-hydrogen) atoms. The third kappa shape index (κ3) is 5.58. The van der Waals surface area contributed by atoms with Crippen molar-refractivity contribution < 1.29 is 32.2 Å². The van der Waals surface area contributed by atoms with Crippen LogP contribution in [-0.2, 0) is 14.3 Å². The van der Waals surface area contributed by atoms with Crippen molar-refractivity contribution >= 4 is 17.6 Å². The predicted octanol–water partition coefficient (Wildman–Crippen LogP) is 3.51. The van der Waals surface area contributed by atoms with E-state index in [1.807, 2.05) is 0 Å². The predicted molar refractivity (Wildman–Crippen MR) is 101 cm³/mol. The molecule has 158 valence electrons. The van der Waals surface area contributed by atoms with E-state index < -0.39 is 29.3 Å². The van der Waals surface area contributed by atoms with Crippen molar-refractivity contribution in [3.05, 3.63) is 41.1 Å². The second-order valence-corrected chi connectivity index (χ2v) is 6.37. The molecule has 1 fully saturated rings. The maximum atomic E-state index is 13.6. The number of alkyl halides is 3. The summed E-state index contributed by atoms with van der Waals surface area (Å²) in [6.45, 7) is 4.27. The number of nitrogens with zero attached hydrogens (tertiary/aromatic N) is 2. The largest absolute Gasteiger partial charge is 0.497 e. The molecule has 1 aromatic rings. The van der Waals surface area contributed by atoms with Gasteiger partial charge in [0, 0.05) is 24.4 Å². The Morgan fingerprint density at radius 1 is 1.14 bits per heavy atom. The minimum Gasteiger partial charge on any atom is -0.497 e. The Bertz CT molecular complexity index is 808. The van der Waals surface area contributed by atoms with E-state index in [4.69, 9.17) is 9.47 Å². The molecule has 1 amide bonds. The van der Waals surface area contributed by atoms with Crippen LogP contribution >= 0.6 is 0 Å². The first-order valence-electron chi connectivity index (χ1n) is 9.16. The third-order valence-electron chi connectivity index (χ3n) is 4.48. The molecule has 0 unspecified atom stereocenters. The highest BCUT2D eigenvalue weighted by Gasteiger charge is 2.38. The first kappa shape index (κ1) is 22.4. The van der Waals surface area contributed by atoms with Crippen molar-refractivity contribution in [3.63, 3.8) is 0 Å². The van der Waals surface area contributed by atoms with Crippen LogP contribution in [0.25, 0.3) is 0 Å². The number of methoxy groups -OCH3 is 1. The van der Waals surface area contributed by atoms with Crippen molar-refractivity contribution in [2.45, 2.75) is 32.9 Å². The lowest BCUT2D eigenvalue weighted by Gasteiger charge is -2.20. The molecule has 0 radical (unpaired) electrons. The molecule has 6 nitrogen and oxygen atoms in total. The van der Waals surface area contributed by atoms with Gasteiger partial charge in [0.15, 0.2) is 5.71 Å². The minimum atomic E-state index is -4.90. The molecule has 0 saturated carbocycles. The SMILES string of the molecule is CCOC(=O)/C(C(=O)N=C(c1ccc(OC)cc1)C(F)(F)F)=C(\C)N1CCCC1. The highest BCUT2D eigenvalue weighted by molar-refractivity contribution is 6.22. The van der Waals surface area contributed by atoms with Gasteiger partial charge in [-0.15, -0.1) is 0 Å². The van der Waals surface area contributed by atoms with Crippen LogP contribution in [-0.4, -0.2) is 55.5 Å². The normalized spacial score (nSPS) is 15.8. The fourth-order valence-corrected chi connectivity index (χ4v) is 3.00. The van der Waals surface area contributed by atoms with Crippen LogP contribution in [0.5, 0.6) is 5.75 Å². The van der Waals surface area contributed by atoms with Gasteiger partial charge in [-0.2, -0.15) is 13.2 Å². The number of esters is 1. The number of hydrogen-bond donors (Lipinski definition) is 0. The number of benzene rings is 1. The van der Waals surface area contributed by atoms with Crippen molar-refractivity contribution in [1.82, 2.24) is 4.90 Å². The van der Waals surface area contributed by atoms with Gasteiger partial charge in [0.05, 0.1) is 13.7 Å². The van der Waals surface area contributed by atoms with Crippen LogP contribution in [0.15, 0.2) is 40.5 Å². The van der Waals surface area contributed by atoms with Crippen LogP contribution in [0.1, 0.15) is 32.3 Å². The first-order chi connectivity index (χ1) is 13.7. The number of carbonyl (C=O) groups is 2. The smallest absolute Gasteiger partial charge is 0.434 e. The average molecular weight is 412 g/mol. The van der Waals surface area contributed by atoms with Gasteiger partial charge in [0.2, 0.25) is 0 Å². The van der Waals surface area contributed by atoms with E-state index in [2.05, 4.69) is 4.99 Å². The summed E-state index contributed by atoms with van der Waals surface area (Å²) < 4.78 is 50.7. The van der Waals surface area contributed by atoms with E-state index in [0.29, 0.717) is 18.8 Å². The zero-order valence-corrected chi connectivity index (χ0v) is 16.5. The number of likely N-dealkylation sites (tertiary alicyclic amines) is 1. The monoisotopic (exact) mass is 412 g/mol. The molecule has 1 heterocycles. The second-order valence-electron chi connectivity index (χ2n) is 6.37. The van der Waals surface area contributed by atoms with E-state index in [9.17, 15) is 22.8 Å². The van der Waals surface area contributed by atoms with E-state index in [0.717, 1.165) is 25.0 Å². The Morgan fingerprint density at radius 3 is 2.21 bits per heavy atom. The maximum absolute atomic E-state index is 13.6. The van der Waals surface area contributed by atoms with Gasteiger partial charge in [-0.25, -0.2) is 9.79 Å². The Morgan fingerprint density at radius 2 is 1.72 bits per heavy atom. The zero-order chi connectivity index (χ0) is 21.6. The molecule has 0 aromatic heterocycles. The molecule has 1 aromatic carbocycles. The molecular weight excluding hydrogens is 389 g/mol. The molecule has 2 rings (SSSR count). The van der Waals surface area contributed by atoms with Crippen LogP contribution in [0.4, 0.5) is 13.2 Å². The molecule has 0 bridgehead atoms. The summed E-state index contributed by atoms with van der Waals surface area (Å²) in [4.78, 5) is 30.1. The number of aliphatic imine (C=N–C) groups is 1. The van der Waals surface area contributed by atoms with Crippen LogP contribution < -0.4 is 4.74 Å². The molecule has 9 heteroatoms.